The number of hydrogen-bond acceptors (Lipinski definition) is 3. The summed E-state index contributed by atoms with van der Waals surface area (Å²) < 4.78 is 13.6. The average Bonchev–Trinajstić information content (AvgIpc) is 2.66. The third-order valence-corrected chi connectivity index (χ3v) is 4.47. The minimum atomic E-state index is -0.300. The molecule has 0 aliphatic carbocycles. The van der Waals surface area contributed by atoms with E-state index in [1.54, 1.807) is 18.2 Å². The van der Waals surface area contributed by atoms with Gasteiger partial charge in [-0.15, -0.1) is 0 Å². The molecule has 0 aromatic heterocycles. The van der Waals surface area contributed by atoms with Crippen molar-refractivity contribution in [1.82, 2.24) is 5.32 Å². The van der Waals surface area contributed by atoms with Crippen LogP contribution in [-0.2, 0) is 11.3 Å². The molecule has 1 aliphatic rings. The van der Waals surface area contributed by atoms with Crippen LogP contribution in [0.25, 0.3) is 0 Å². The molecular formula is C20H24FN3O. The van der Waals surface area contributed by atoms with Crippen molar-refractivity contribution in [2.75, 3.05) is 29.9 Å². The Labute approximate surface area is 148 Å². The number of nitrogens with one attached hydrogen (secondary N) is 2. The van der Waals surface area contributed by atoms with Crippen LogP contribution in [0.3, 0.4) is 0 Å². The lowest BCUT2D eigenvalue weighted by molar-refractivity contribution is -0.119. The molecule has 0 radical (unpaired) electrons. The fourth-order valence-electron chi connectivity index (χ4n) is 3.11. The third-order valence-electron chi connectivity index (χ3n) is 4.47. The molecule has 0 spiro atoms. The Morgan fingerprint density at radius 1 is 1.00 bits per heavy atom. The summed E-state index contributed by atoms with van der Waals surface area (Å²) in [6.07, 6.45) is 3.69. The lowest BCUT2D eigenvalue weighted by atomic mass is 10.1. The number of hydrogen-bond donors (Lipinski definition) is 2. The fraction of sp³-hybridized carbons (Fsp3) is 0.350. The van der Waals surface area contributed by atoms with Gasteiger partial charge in [0.15, 0.2) is 0 Å². The molecule has 5 heteroatoms. The zero-order valence-electron chi connectivity index (χ0n) is 14.3. The van der Waals surface area contributed by atoms with Crippen molar-refractivity contribution >= 4 is 17.3 Å². The monoisotopic (exact) mass is 341 g/mol. The second-order valence-corrected chi connectivity index (χ2v) is 6.29. The van der Waals surface area contributed by atoms with Gasteiger partial charge in [-0.25, -0.2) is 4.39 Å². The van der Waals surface area contributed by atoms with E-state index < -0.39 is 0 Å². The van der Waals surface area contributed by atoms with Crippen molar-refractivity contribution in [3.05, 3.63) is 59.9 Å². The second kappa shape index (κ2) is 8.51. The smallest absolute Gasteiger partial charge is 0.239 e. The Bertz CT molecular complexity index is 714. The molecule has 2 aromatic rings. The largest absolute Gasteiger partial charge is 0.374 e. The highest BCUT2D eigenvalue weighted by atomic mass is 19.1. The predicted octanol–water partition coefficient (Wildman–Crippen LogP) is 3.54. The number of anilines is 2. The molecule has 1 saturated heterocycles. The van der Waals surface area contributed by atoms with Crippen LogP contribution in [0, 0.1) is 5.82 Å². The van der Waals surface area contributed by atoms with Gasteiger partial charge in [-0.3, -0.25) is 4.79 Å². The van der Waals surface area contributed by atoms with Crippen LogP contribution < -0.4 is 15.5 Å². The van der Waals surface area contributed by atoms with Crippen LogP contribution in [0.1, 0.15) is 24.8 Å². The Kier molecular flexibility index (Phi) is 5.88. The molecule has 0 saturated carbocycles. The van der Waals surface area contributed by atoms with Crippen LogP contribution in [0.2, 0.25) is 0 Å². The minimum Gasteiger partial charge on any atom is -0.374 e. The van der Waals surface area contributed by atoms with Gasteiger partial charge in [0.05, 0.1) is 17.9 Å². The van der Waals surface area contributed by atoms with Crippen molar-refractivity contribution in [3.63, 3.8) is 0 Å². The van der Waals surface area contributed by atoms with Gasteiger partial charge in [0.2, 0.25) is 5.91 Å². The summed E-state index contributed by atoms with van der Waals surface area (Å²) in [5.74, 6) is -0.456. The van der Waals surface area contributed by atoms with E-state index in [0.717, 1.165) is 24.5 Å². The van der Waals surface area contributed by atoms with E-state index in [1.165, 1.54) is 25.3 Å². The molecule has 0 atom stereocenters. The van der Waals surface area contributed by atoms with Crippen molar-refractivity contribution in [1.29, 1.82) is 0 Å². The van der Waals surface area contributed by atoms with E-state index >= 15 is 0 Å². The highest BCUT2D eigenvalue weighted by Crippen LogP contribution is 2.27. The van der Waals surface area contributed by atoms with E-state index in [-0.39, 0.29) is 24.8 Å². The van der Waals surface area contributed by atoms with Gasteiger partial charge in [-0.2, -0.15) is 0 Å². The quantitative estimate of drug-likeness (QED) is 0.845. The normalized spacial score (nSPS) is 14.2. The van der Waals surface area contributed by atoms with Crippen LogP contribution in [-0.4, -0.2) is 25.5 Å². The van der Waals surface area contributed by atoms with Crippen molar-refractivity contribution in [2.45, 2.75) is 25.8 Å². The molecule has 3 rings (SSSR count). The zero-order chi connectivity index (χ0) is 17.5. The van der Waals surface area contributed by atoms with Gasteiger partial charge in [0.25, 0.3) is 0 Å². The van der Waals surface area contributed by atoms with E-state index in [9.17, 15) is 9.18 Å². The molecule has 0 bridgehead atoms. The highest BCUT2D eigenvalue weighted by molar-refractivity contribution is 5.82. The van der Waals surface area contributed by atoms with Crippen LogP contribution in [0.4, 0.5) is 15.8 Å². The lowest BCUT2D eigenvalue weighted by Gasteiger charge is -2.30. The first-order valence-corrected chi connectivity index (χ1v) is 8.82. The Morgan fingerprint density at radius 3 is 2.52 bits per heavy atom. The number of rotatable bonds is 6. The Hall–Kier alpha value is -2.56. The Morgan fingerprint density at radius 2 is 1.72 bits per heavy atom. The number of benzene rings is 2. The summed E-state index contributed by atoms with van der Waals surface area (Å²) in [4.78, 5) is 14.4. The lowest BCUT2D eigenvalue weighted by Crippen LogP contribution is -2.32. The van der Waals surface area contributed by atoms with E-state index in [0.29, 0.717) is 5.56 Å². The number of carbonyl (C=O) groups is 1. The molecule has 25 heavy (non-hydrogen) atoms. The van der Waals surface area contributed by atoms with Gasteiger partial charge in [-0.05, 0) is 37.5 Å². The SMILES string of the molecule is O=C(CNc1ccccc1N1CCCCC1)NCc1ccccc1F. The summed E-state index contributed by atoms with van der Waals surface area (Å²) in [5.41, 5.74) is 2.60. The number of nitrogens with zero attached hydrogens (tertiary/aromatic N) is 1. The number of amides is 1. The average molecular weight is 341 g/mol. The molecule has 1 fully saturated rings. The molecule has 1 heterocycles. The first-order chi connectivity index (χ1) is 12.2. The number of carbonyl (C=O) groups excluding carboxylic acids is 1. The summed E-state index contributed by atoms with van der Waals surface area (Å²) >= 11 is 0. The molecule has 1 aliphatic heterocycles. The molecule has 4 nitrogen and oxygen atoms in total. The summed E-state index contributed by atoms with van der Waals surface area (Å²) in [6.45, 7) is 2.47. The fourth-order valence-corrected chi connectivity index (χ4v) is 3.11. The van der Waals surface area contributed by atoms with Gasteiger partial charge in [0.1, 0.15) is 5.82 Å². The topological polar surface area (TPSA) is 44.4 Å². The number of halogens is 1. The molecule has 132 valence electrons. The maximum atomic E-state index is 13.6. The number of para-hydroxylation sites is 2. The molecule has 1 amide bonds. The van der Waals surface area contributed by atoms with E-state index in [2.05, 4.69) is 21.6 Å². The van der Waals surface area contributed by atoms with Crippen molar-refractivity contribution in [2.24, 2.45) is 0 Å². The number of piperidine rings is 1. The van der Waals surface area contributed by atoms with Crippen LogP contribution in [0.15, 0.2) is 48.5 Å². The summed E-state index contributed by atoms with van der Waals surface area (Å²) in [5, 5.41) is 5.97. The van der Waals surface area contributed by atoms with Gasteiger partial charge < -0.3 is 15.5 Å². The molecule has 2 N–H and O–H groups in total. The summed E-state index contributed by atoms with van der Waals surface area (Å²) in [7, 11) is 0. The first-order valence-electron chi connectivity index (χ1n) is 8.82. The summed E-state index contributed by atoms with van der Waals surface area (Å²) in [6, 6.07) is 14.5. The van der Waals surface area contributed by atoms with Crippen LogP contribution in [0.5, 0.6) is 0 Å². The maximum Gasteiger partial charge on any atom is 0.239 e. The van der Waals surface area contributed by atoms with Crippen molar-refractivity contribution < 1.29 is 9.18 Å². The van der Waals surface area contributed by atoms with E-state index in [4.69, 9.17) is 0 Å². The zero-order valence-corrected chi connectivity index (χ0v) is 14.3. The van der Waals surface area contributed by atoms with Crippen molar-refractivity contribution in [3.8, 4) is 0 Å². The molecule has 2 aromatic carbocycles. The maximum absolute atomic E-state index is 13.6. The highest BCUT2D eigenvalue weighted by Gasteiger charge is 2.14. The first kappa shape index (κ1) is 17.3. The molecular weight excluding hydrogens is 317 g/mol. The van der Waals surface area contributed by atoms with Crippen LogP contribution >= 0.6 is 0 Å². The third kappa shape index (κ3) is 4.72. The molecule has 0 unspecified atom stereocenters. The van der Waals surface area contributed by atoms with E-state index in [1.807, 2.05) is 18.2 Å². The van der Waals surface area contributed by atoms with Gasteiger partial charge in [-0.1, -0.05) is 30.3 Å². The predicted molar refractivity (Wildman–Crippen MR) is 99.2 cm³/mol. The van der Waals surface area contributed by atoms with Gasteiger partial charge >= 0.3 is 0 Å². The standard InChI is InChI=1S/C20H24FN3O/c21-17-9-3-2-8-16(17)14-23-20(25)15-22-18-10-4-5-11-19(18)24-12-6-1-7-13-24/h2-5,8-11,22H,1,6-7,12-15H2,(H,23,25). The minimum absolute atomic E-state index is 0.156. The van der Waals surface area contributed by atoms with Gasteiger partial charge in [0, 0.05) is 25.2 Å². The second-order valence-electron chi connectivity index (χ2n) is 6.29. The Balaban J connectivity index is 1.54.